The van der Waals surface area contributed by atoms with Gasteiger partial charge < -0.3 is 4.90 Å². The predicted octanol–water partition coefficient (Wildman–Crippen LogP) is 5.63. The van der Waals surface area contributed by atoms with E-state index in [4.69, 9.17) is 0 Å². The lowest BCUT2D eigenvalue weighted by molar-refractivity contribution is 0.0874. The Bertz CT molecular complexity index is 1350. The van der Waals surface area contributed by atoms with Crippen LogP contribution in [0.1, 0.15) is 45.9 Å². The maximum Gasteiger partial charge on any atom is 0.185 e. The molecule has 0 unspecified atom stereocenters. The largest absolute Gasteiger partial charge is 0.356 e. The fourth-order valence-corrected chi connectivity index (χ4v) is 5.43. The third kappa shape index (κ3) is 2.97. The summed E-state index contributed by atoms with van der Waals surface area (Å²) in [5.41, 5.74) is 2.06. The van der Waals surface area contributed by atoms with Crippen LogP contribution in [-0.2, 0) is 0 Å². The molecule has 0 amide bonds. The minimum Gasteiger partial charge on any atom is -0.356 e. The van der Waals surface area contributed by atoms with Crippen LogP contribution in [0.25, 0.3) is 5.57 Å². The number of nitriles is 2. The highest BCUT2D eigenvalue weighted by molar-refractivity contribution is 6.01. The van der Waals surface area contributed by atoms with Crippen LogP contribution in [0.4, 0.5) is 4.39 Å². The number of hydrogen-bond acceptors (Lipinski definition) is 4. The number of Topliss-reactive ketones (excluding diaryl/α,β-unsaturated/α-hetero) is 1. The van der Waals surface area contributed by atoms with Crippen LogP contribution in [0, 0.1) is 33.9 Å². The first-order valence-electron chi connectivity index (χ1n) is 10.7. The van der Waals surface area contributed by atoms with Crippen LogP contribution in [0.2, 0.25) is 0 Å². The number of allylic oxidation sites excluding steroid dienone is 1. The van der Waals surface area contributed by atoms with Gasteiger partial charge >= 0.3 is 0 Å². The SMILES string of the molecule is CC1=CN2[C@H](C(=O)c3ccccc3)[C@H](c3cccc(F)c3)C(C#N)(C#N)[C@@H]2c2ccccc21. The van der Waals surface area contributed by atoms with E-state index in [1.165, 1.54) is 12.1 Å². The van der Waals surface area contributed by atoms with Crippen LogP contribution < -0.4 is 0 Å². The molecule has 2 aliphatic heterocycles. The van der Waals surface area contributed by atoms with Crippen molar-refractivity contribution in [2.24, 2.45) is 5.41 Å². The van der Waals surface area contributed by atoms with Crippen molar-refractivity contribution in [3.8, 4) is 12.1 Å². The van der Waals surface area contributed by atoms with Crippen molar-refractivity contribution in [3.05, 3.63) is 113 Å². The maximum atomic E-state index is 14.3. The summed E-state index contributed by atoms with van der Waals surface area (Å²) >= 11 is 0. The van der Waals surface area contributed by atoms with Gasteiger partial charge in [-0.2, -0.15) is 10.5 Å². The van der Waals surface area contributed by atoms with Crippen LogP contribution in [-0.4, -0.2) is 16.7 Å². The van der Waals surface area contributed by atoms with Gasteiger partial charge in [0, 0.05) is 17.7 Å². The monoisotopic (exact) mass is 433 g/mol. The Morgan fingerprint density at radius 3 is 2.36 bits per heavy atom. The van der Waals surface area contributed by atoms with E-state index in [1.54, 1.807) is 36.4 Å². The molecule has 1 fully saturated rings. The first kappa shape index (κ1) is 20.7. The summed E-state index contributed by atoms with van der Waals surface area (Å²) in [7, 11) is 0. The molecule has 2 aliphatic rings. The second kappa shape index (κ2) is 7.73. The first-order chi connectivity index (χ1) is 16.0. The fraction of sp³-hybridized carbons (Fsp3) is 0.179. The maximum absolute atomic E-state index is 14.3. The average molecular weight is 433 g/mol. The summed E-state index contributed by atoms with van der Waals surface area (Å²) in [6, 6.07) is 25.5. The number of rotatable bonds is 3. The molecule has 3 aromatic rings. The highest BCUT2D eigenvalue weighted by Crippen LogP contribution is 2.60. The molecule has 5 heteroatoms. The van der Waals surface area contributed by atoms with E-state index in [0.29, 0.717) is 11.1 Å². The van der Waals surface area contributed by atoms with Gasteiger partial charge in [-0.3, -0.25) is 4.79 Å². The molecule has 0 saturated carbocycles. The lowest BCUT2D eigenvalue weighted by Gasteiger charge is -2.36. The number of fused-ring (bicyclic) bond motifs is 3. The average Bonchev–Trinajstić information content (AvgIpc) is 3.15. The van der Waals surface area contributed by atoms with E-state index in [0.717, 1.165) is 16.7 Å². The Kier molecular flexibility index (Phi) is 4.84. The van der Waals surface area contributed by atoms with Crippen LogP contribution in [0.5, 0.6) is 0 Å². The fourth-order valence-electron chi connectivity index (χ4n) is 5.43. The molecule has 2 heterocycles. The molecule has 4 nitrogen and oxygen atoms in total. The molecule has 0 aromatic heterocycles. The van der Waals surface area contributed by atoms with Crippen molar-refractivity contribution in [2.75, 3.05) is 0 Å². The van der Waals surface area contributed by atoms with E-state index in [9.17, 15) is 19.7 Å². The van der Waals surface area contributed by atoms with Crippen molar-refractivity contribution in [1.82, 2.24) is 4.90 Å². The molecule has 0 aliphatic carbocycles. The topological polar surface area (TPSA) is 67.9 Å². The first-order valence-corrected chi connectivity index (χ1v) is 10.7. The van der Waals surface area contributed by atoms with E-state index in [-0.39, 0.29) is 5.78 Å². The Morgan fingerprint density at radius 1 is 0.970 bits per heavy atom. The number of carbonyl (C=O) groups is 1. The quantitative estimate of drug-likeness (QED) is 0.503. The van der Waals surface area contributed by atoms with Crippen molar-refractivity contribution >= 4 is 11.4 Å². The molecule has 160 valence electrons. The lowest BCUT2D eigenvalue weighted by Crippen LogP contribution is -2.38. The van der Waals surface area contributed by atoms with Gasteiger partial charge in [-0.05, 0) is 41.3 Å². The van der Waals surface area contributed by atoms with E-state index in [1.807, 2.05) is 48.4 Å². The van der Waals surface area contributed by atoms with Gasteiger partial charge in [-0.25, -0.2) is 4.39 Å². The Balaban J connectivity index is 1.81. The molecule has 0 spiro atoms. The second-order valence-electron chi connectivity index (χ2n) is 8.55. The van der Waals surface area contributed by atoms with Crippen molar-refractivity contribution in [2.45, 2.75) is 24.9 Å². The summed E-state index contributed by atoms with van der Waals surface area (Å²) in [6.07, 6.45) is 1.88. The summed E-state index contributed by atoms with van der Waals surface area (Å²) < 4.78 is 14.3. The van der Waals surface area contributed by atoms with Crippen LogP contribution in [0.15, 0.2) is 85.1 Å². The second-order valence-corrected chi connectivity index (χ2v) is 8.55. The minimum absolute atomic E-state index is 0.203. The molecular weight excluding hydrogens is 413 g/mol. The highest BCUT2D eigenvalue weighted by atomic mass is 19.1. The van der Waals surface area contributed by atoms with E-state index < -0.39 is 29.2 Å². The zero-order chi connectivity index (χ0) is 23.2. The Labute approximate surface area is 191 Å². The van der Waals surface area contributed by atoms with Crippen LogP contribution in [0.3, 0.4) is 0 Å². The molecule has 3 aromatic carbocycles. The molecule has 0 N–H and O–H groups in total. The van der Waals surface area contributed by atoms with Gasteiger partial charge in [0.25, 0.3) is 0 Å². The number of ketones is 1. The molecule has 1 saturated heterocycles. The molecular formula is C28H20FN3O. The van der Waals surface area contributed by atoms with Gasteiger partial charge in [0.15, 0.2) is 11.2 Å². The zero-order valence-electron chi connectivity index (χ0n) is 17.9. The van der Waals surface area contributed by atoms with Crippen molar-refractivity contribution < 1.29 is 9.18 Å². The zero-order valence-corrected chi connectivity index (χ0v) is 17.9. The molecule has 0 bridgehead atoms. The predicted molar refractivity (Wildman–Crippen MR) is 122 cm³/mol. The number of hydrogen-bond donors (Lipinski definition) is 0. The Morgan fingerprint density at radius 2 is 1.67 bits per heavy atom. The molecule has 3 atom stereocenters. The summed E-state index contributed by atoms with van der Waals surface area (Å²) in [6.45, 7) is 1.95. The minimum atomic E-state index is -1.60. The number of benzene rings is 3. The lowest BCUT2D eigenvalue weighted by atomic mass is 9.67. The number of nitrogens with zero attached hydrogens (tertiary/aromatic N) is 3. The third-order valence-electron chi connectivity index (χ3n) is 6.78. The van der Waals surface area contributed by atoms with Gasteiger partial charge in [0.1, 0.15) is 11.9 Å². The standard InChI is InChI=1S/C28H20FN3O/c1-18-15-32-25(26(33)19-8-3-2-4-9-19)24(20-10-7-11-21(29)14-20)28(16-30,17-31)27(32)23-13-6-5-12-22(18)23/h2-15,24-25,27H,1H3/t24-,25-,27-/m0/s1. The summed E-state index contributed by atoms with van der Waals surface area (Å²) in [5.74, 6) is -1.53. The summed E-state index contributed by atoms with van der Waals surface area (Å²) in [4.78, 5) is 15.8. The number of halogens is 1. The smallest absolute Gasteiger partial charge is 0.185 e. The van der Waals surface area contributed by atoms with Gasteiger partial charge in [-0.1, -0.05) is 66.7 Å². The van der Waals surface area contributed by atoms with Gasteiger partial charge in [0.2, 0.25) is 0 Å². The summed E-state index contributed by atoms with van der Waals surface area (Å²) in [5, 5.41) is 21.0. The third-order valence-corrected chi connectivity index (χ3v) is 6.78. The highest BCUT2D eigenvalue weighted by Gasteiger charge is 2.64. The van der Waals surface area contributed by atoms with Crippen molar-refractivity contribution in [3.63, 3.8) is 0 Å². The van der Waals surface area contributed by atoms with Crippen LogP contribution >= 0.6 is 0 Å². The van der Waals surface area contributed by atoms with E-state index >= 15 is 0 Å². The van der Waals surface area contributed by atoms with Gasteiger partial charge in [0.05, 0.1) is 18.2 Å². The van der Waals surface area contributed by atoms with Crippen molar-refractivity contribution in [1.29, 1.82) is 10.5 Å². The molecule has 5 rings (SSSR count). The number of carbonyl (C=O) groups excluding carboxylic acids is 1. The normalized spacial score (nSPS) is 22.4. The van der Waals surface area contributed by atoms with Gasteiger partial charge in [-0.15, -0.1) is 0 Å². The molecule has 33 heavy (non-hydrogen) atoms. The Hall–Kier alpha value is -4.22. The van der Waals surface area contributed by atoms with E-state index in [2.05, 4.69) is 12.1 Å². The molecule has 0 radical (unpaired) electrons.